The largest absolute Gasteiger partial charge is 0.298 e. The number of anilines is 1. The summed E-state index contributed by atoms with van der Waals surface area (Å²) in [4.78, 5) is 22.0. The number of hydrogen-bond acceptors (Lipinski definition) is 4. The molecule has 1 N–H and O–H groups in total. The maximum absolute atomic E-state index is 12.3. The van der Waals surface area contributed by atoms with Gasteiger partial charge < -0.3 is 0 Å². The number of pyridine rings is 1. The van der Waals surface area contributed by atoms with Gasteiger partial charge in [-0.15, -0.1) is 0 Å². The molecule has 23 heavy (non-hydrogen) atoms. The van der Waals surface area contributed by atoms with Gasteiger partial charge in [0.15, 0.2) is 5.13 Å². The summed E-state index contributed by atoms with van der Waals surface area (Å²) in [7, 11) is 0. The molecule has 0 aliphatic carbocycles. The van der Waals surface area contributed by atoms with Crippen molar-refractivity contribution in [3.8, 4) is 10.6 Å². The van der Waals surface area contributed by atoms with Gasteiger partial charge in [0.2, 0.25) is 0 Å². The van der Waals surface area contributed by atoms with Crippen LogP contribution in [0.25, 0.3) is 10.6 Å². The predicted molar refractivity (Wildman–Crippen MR) is 102 cm³/mol. The van der Waals surface area contributed by atoms with Crippen LogP contribution in [0.5, 0.6) is 0 Å². The van der Waals surface area contributed by atoms with E-state index in [-0.39, 0.29) is 5.91 Å². The molecular weight excluding hydrogens is 445 g/mol. The van der Waals surface area contributed by atoms with Crippen molar-refractivity contribution in [1.29, 1.82) is 0 Å². The third-order valence-electron chi connectivity index (χ3n) is 3.10. The second-order valence-electron chi connectivity index (χ2n) is 4.73. The van der Waals surface area contributed by atoms with Gasteiger partial charge in [0, 0.05) is 15.3 Å². The fourth-order valence-corrected chi connectivity index (χ4v) is 3.56. The Labute approximate surface area is 156 Å². The first-order chi connectivity index (χ1) is 11.0. The number of rotatable bonds is 3. The first-order valence-corrected chi connectivity index (χ1v) is 8.97. The molecule has 0 bridgehead atoms. The normalized spacial score (nSPS) is 10.6. The summed E-state index contributed by atoms with van der Waals surface area (Å²) < 4.78 is 0.835. The number of carbonyl (C=O) groups is 1. The maximum Gasteiger partial charge on any atom is 0.257 e. The van der Waals surface area contributed by atoms with Crippen molar-refractivity contribution >= 4 is 56.6 Å². The van der Waals surface area contributed by atoms with Gasteiger partial charge in [-0.2, -0.15) is 0 Å². The van der Waals surface area contributed by atoms with Crippen LogP contribution in [0, 0.1) is 10.5 Å². The van der Waals surface area contributed by atoms with Crippen LogP contribution in [0.3, 0.4) is 0 Å². The lowest BCUT2D eigenvalue weighted by Gasteiger charge is -2.03. The van der Waals surface area contributed by atoms with Crippen LogP contribution in [-0.4, -0.2) is 15.9 Å². The van der Waals surface area contributed by atoms with E-state index in [0.29, 0.717) is 15.7 Å². The van der Waals surface area contributed by atoms with Crippen LogP contribution >= 0.6 is 45.5 Å². The molecule has 0 radical (unpaired) electrons. The van der Waals surface area contributed by atoms with Crippen LogP contribution < -0.4 is 5.32 Å². The zero-order valence-corrected chi connectivity index (χ0v) is 15.7. The van der Waals surface area contributed by atoms with E-state index >= 15 is 0 Å². The van der Waals surface area contributed by atoms with Gasteiger partial charge in [-0.3, -0.25) is 15.1 Å². The average molecular weight is 456 g/mol. The van der Waals surface area contributed by atoms with Crippen molar-refractivity contribution in [3.63, 3.8) is 0 Å². The van der Waals surface area contributed by atoms with Gasteiger partial charge in [-0.05, 0) is 59.8 Å². The monoisotopic (exact) mass is 455 g/mol. The Kier molecular flexibility index (Phi) is 4.93. The van der Waals surface area contributed by atoms with Gasteiger partial charge in [0.25, 0.3) is 5.91 Å². The fraction of sp³-hybridized carbons (Fsp3) is 0.0625. The highest BCUT2D eigenvalue weighted by Gasteiger charge is 2.14. The van der Waals surface area contributed by atoms with Crippen molar-refractivity contribution in [3.05, 3.63) is 62.4 Å². The number of thiazole rings is 1. The quantitative estimate of drug-likeness (QED) is 0.564. The molecule has 116 valence electrons. The number of aryl methyl sites for hydroxylation is 1. The molecular formula is C16H11ClIN3OS. The highest BCUT2D eigenvalue weighted by molar-refractivity contribution is 14.1. The number of hydrogen-bond donors (Lipinski definition) is 1. The van der Waals surface area contributed by atoms with Crippen LogP contribution in [0.1, 0.15) is 16.1 Å². The number of aromatic nitrogens is 2. The Morgan fingerprint density at radius 3 is 2.83 bits per heavy atom. The van der Waals surface area contributed by atoms with E-state index in [9.17, 15) is 4.79 Å². The SMILES string of the molecule is Cc1nc(NC(=O)c2ccc(Cl)c(I)c2)sc1-c1ccccn1. The van der Waals surface area contributed by atoms with Crippen LogP contribution in [0.15, 0.2) is 42.6 Å². The molecule has 0 atom stereocenters. The molecule has 2 aromatic heterocycles. The summed E-state index contributed by atoms with van der Waals surface area (Å²) in [5, 5.41) is 4.01. The number of amides is 1. The summed E-state index contributed by atoms with van der Waals surface area (Å²) in [5.74, 6) is -0.207. The molecule has 0 aliphatic rings. The van der Waals surface area contributed by atoms with Crippen molar-refractivity contribution < 1.29 is 4.79 Å². The molecule has 3 rings (SSSR count). The van der Waals surface area contributed by atoms with Crippen molar-refractivity contribution in [2.45, 2.75) is 6.92 Å². The number of carbonyl (C=O) groups excluding carboxylic acids is 1. The minimum Gasteiger partial charge on any atom is -0.298 e. The molecule has 0 fully saturated rings. The van der Waals surface area contributed by atoms with E-state index in [2.05, 4.69) is 37.9 Å². The Morgan fingerprint density at radius 2 is 2.13 bits per heavy atom. The minimum atomic E-state index is -0.207. The molecule has 4 nitrogen and oxygen atoms in total. The van der Waals surface area contributed by atoms with Crippen LogP contribution in [-0.2, 0) is 0 Å². The zero-order chi connectivity index (χ0) is 16.4. The first-order valence-electron chi connectivity index (χ1n) is 6.70. The van der Waals surface area contributed by atoms with Crippen molar-refractivity contribution in [1.82, 2.24) is 9.97 Å². The maximum atomic E-state index is 12.3. The van der Waals surface area contributed by atoms with E-state index in [1.54, 1.807) is 24.4 Å². The number of nitrogens with one attached hydrogen (secondary N) is 1. The van der Waals surface area contributed by atoms with Crippen molar-refractivity contribution in [2.24, 2.45) is 0 Å². The van der Waals surface area contributed by atoms with E-state index in [1.807, 2.05) is 25.1 Å². The van der Waals surface area contributed by atoms with Gasteiger partial charge >= 0.3 is 0 Å². The van der Waals surface area contributed by atoms with Gasteiger partial charge in [-0.25, -0.2) is 4.98 Å². The average Bonchev–Trinajstić information content (AvgIpc) is 2.91. The van der Waals surface area contributed by atoms with Gasteiger partial charge in [-0.1, -0.05) is 29.0 Å². The van der Waals surface area contributed by atoms with Crippen LogP contribution in [0.4, 0.5) is 5.13 Å². The summed E-state index contributed by atoms with van der Waals surface area (Å²) in [6.07, 6.45) is 1.74. The van der Waals surface area contributed by atoms with Gasteiger partial charge in [0.1, 0.15) is 0 Å². The second kappa shape index (κ2) is 6.94. The fourth-order valence-electron chi connectivity index (χ4n) is 1.99. The molecule has 0 aliphatic heterocycles. The number of benzene rings is 1. The number of halogens is 2. The molecule has 7 heteroatoms. The number of nitrogens with zero attached hydrogens (tertiary/aromatic N) is 2. The van der Waals surface area contributed by atoms with Gasteiger partial charge in [0.05, 0.1) is 21.3 Å². The lowest BCUT2D eigenvalue weighted by Crippen LogP contribution is -2.11. The lowest BCUT2D eigenvalue weighted by atomic mass is 10.2. The highest BCUT2D eigenvalue weighted by Crippen LogP contribution is 2.31. The molecule has 3 aromatic rings. The smallest absolute Gasteiger partial charge is 0.257 e. The summed E-state index contributed by atoms with van der Waals surface area (Å²) in [6, 6.07) is 10.9. The van der Waals surface area contributed by atoms with Crippen LogP contribution in [0.2, 0.25) is 5.02 Å². The Balaban J connectivity index is 1.83. The van der Waals surface area contributed by atoms with Crippen molar-refractivity contribution in [2.75, 3.05) is 5.32 Å². The van der Waals surface area contributed by atoms with E-state index in [1.165, 1.54) is 11.3 Å². The highest BCUT2D eigenvalue weighted by atomic mass is 127. The third kappa shape index (κ3) is 3.70. The second-order valence-corrected chi connectivity index (χ2v) is 7.30. The standard InChI is InChI=1S/C16H11ClIN3OS/c1-9-14(13-4-2-3-7-19-13)23-16(20-9)21-15(22)10-5-6-11(17)12(18)8-10/h2-8H,1H3,(H,20,21,22). The molecule has 0 spiro atoms. The van der Waals surface area contributed by atoms with E-state index in [4.69, 9.17) is 11.6 Å². The molecule has 1 amide bonds. The Hall–Kier alpha value is -1.51. The summed E-state index contributed by atoms with van der Waals surface area (Å²) >= 11 is 9.49. The van der Waals surface area contributed by atoms with E-state index < -0.39 is 0 Å². The first kappa shape index (κ1) is 16.4. The summed E-state index contributed by atoms with van der Waals surface area (Å²) in [5.41, 5.74) is 2.24. The lowest BCUT2D eigenvalue weighted by molar-refractivity contribution is 0.102. The molecule has 1 aromatic carbocycles. The minimum absolute atomic E-state index is 0.207. The third-order valence-corrected chi connectivity index (χ3v) is 5.73. The molecule has 0 unspecified atom stereocenters. The topological polar surface area (TPSA) is 54.9 Å². The molecule has 0 saturated carbocycles. The predicted octanol–water partition coefficient (Wildman–Crippen LogP) is 5.02. The Morgan fingerprint density at radius 1 is 1.30 bits per heavy atom. The molecule has 0 saturated heterocycles. The Bertz CT molecular complexity index is 867. The molecule has 2 heterocycles. The summed E-state index contributed by atoms with van der Waals surface area (Å²) in [6.45, 7) is 1.90. The van der Waals surface area contributed by atoms with E-state index in [0.717, 1.165) is 19.8 Å². The zero-order valence-electron chi connectivity index (χ0n) is 12.0.